The van der Waals surface area contributed by atoms with Gasteiger partial charge in [0, 0.05) is 0 Å². The second-order valence-corrected chi connectivity index (χ2v) is 3.46. The number of benzene rings is 1. The van der Waals surface area contributed by atoms with Crippen LogP contribution in [0, 0.1) is 0 Å². The molecule has 1 aromatic carbocycles. The summed E-state index contributed by atoms with van der Waals surface area (Å²) in [5.74, 6) is 0. The molecule has 0 spiro atoms. The van der Waals surface area contributed by atoms with Crippen LogP contribution in [-0.2, 0) is 10.1 Å². The van der Waals surface area contributed by atoms with Gasteiger partial charge in [-0.2, -0.15) is 8.42 Å². The molecule has 0 amide bonds. The SMILES string of the molecule is FB(F)F.O=S(=O)(O)c1ccccc1. The van der Waals surface area contributed by atoms with Crippen molar-refractivity contribution in [2.75, 3.05) is 0 Å². The predicted molar refractivity (Wildman–Crippen MR) is 45.3 cm³/mol. The molecule has 1 aromatic rings. The first-order chi connectivity index (χ1) is 6.34. The van der Waals surface area contributed by atoms with E-state index in [0.717, 1.165) is 0 Å². The molecule has 0 unspecified atom stereocenters. The number of rotatable bonds is 1. The van der Waals surface area contributed by atoms with Crippen molar-refractivity contribution >= 4 is 17.7 Å². The Bertz CT molecular complexity index is 351. The van der Waals surface area contributed by atoms with Crippen molar-refractivity contribution in [2.24, 2.45) is 0 Å². The Morgan fingerprint density at radius 1 is 1.07 bits per heavy atom. The molecule has 14 heavy (non-hydrogen) atoms. The zero-order chi connectivity index (χ0) is 11.2. The van der Waals surface area contributed by atoms with E-state index in [4.69, 9.17) is 4.55 Å². The van der Waals surface area contributed by atoms with Crippen molar-refractivity contribution in [3.63, 3.8) is 0 Å². The fourth-order valence-corrected chi connectivity index (χ4v) is 1.09. The van der Waals surface area contributed by atoms with Gasteiger partial charge in [0.2, 0.25) is 0 Å². The Kier molecular flexibility index (Phi) is 5.25. The molecule has 1 N–H and O–H groups in total. The van der Waals surface area contributed by atoms with Crippen LogP contribution in [0.2, 0.25) is 0 Å². The standard InChI is InChI=1S/C6H6O3S.BF3/c7-10(8,9)6-4-2-1-3-5-6;2-1(3)4/h1-5H,(H,7,8,9);. The van der Waals surface area contributed by atoms with Crippen LogP contribution in [0.4, 0.5) is 12.9 Å². The van der Waals surface area contributed by atoms with Crippen LogP contribution in [0.3, 0.4) is 0 Å². The van der Waals surface area contributed by atoms with Crippen molar-refractivity contribution in [1.29, 1.82) is 0 Å². The van der Waals surface area contributed by atoms with Gasteiger partial charge in [-0.3, -0.25) is 17.5 Å². The molecule has 0 aliphatic rings. The topological polar surface area (TPSA) is 54.4 Å². The van der Waals surface area contributed by atoms with E-state index in [-0.39, 0.29) is 4.90 Å². The first-order valence-corrected chi connectivity index (χ1v) is 4.73. The van der Waals surface area contributed by atoms with E-state index in [2.05, 4.69) is 0 Å². The second kappa shape index (κ2) is 5.66. The van der Waals surface area contributed by atoms with Gasteiger partial charge >= 0.3 is 7.54 Å². The van der Waals surface area contributed by atoms with Gasteiger partial charge in [-0.25, -0.2) is 0 Å². The Hall–Kier alpha value is -1.02. The maximum atomic E-state index is 10.4. The minimum absolute atomic E-state index is 0.0741. The first-order valence-electron chi connectivity index (χ1n) is 3.29. The van der Waals surface area contributed by atoms with E-state index in [1.165, 1.54) is 12.1 Å². The number of hydrogen-bond acceptors (Lipinski definition) is 2. The Labute approximate surface area is 79.5 Å². The molecular weight excluding hydrogens is 220 g/mol. The summed E-state index contributed by atoms with van der Waals surface area (Å²) in [6.45, 7) is 0. The molecular formula is C6H6BF3O3S. The zero-order valence-corrected chi connectivity index (χ0v) is 7.59. The molecule has 0 radical (unpaired) electrons. The minimum Gasteiger partial charge on any atom is -0.282 e. The third-order valence-electron chi connectivity index (χ3n) is 1.04. The Balaban J connectivity index is 0.000000364. The van der Waals surface area contributed by atoms with Gasteiger partial charge in [-0.15, -0.1) is 0 Å². The summed E-state index contributed by atoms with van der Waals surface area (Å²) >= 11 is 0. The highest BCUT2D eigenvalue weighted by atomic mass is 32.2. The zero-order valence-electron chi connectivity index (χ0n) is 6.77. The lowest BCUT2D eigenvalue weighted by atomic mass is 10.4. The summed E-state index contributed by atoms with van der Waals surface area (Å²) in [6, 6.07) is 7.42. The van der Waals surface area contributed by atoms with E-state index < -0.39 is 17.7 Å². The summed E-state index contributed by atoms with van der Waals surface area (Å²) in [5.41, 5.74) is 0. The fraction of sp³-hybridized carbons (Fsp3) is 0. The highest BCUT2D eigenvalue weighted by Crippen LogP contribution is 2.05. The molecule has 0 bridgehead atoms. The van der Waals surface area contributed by atoms with E-state index in [1.807, 2.05) is 0 Å². The molecule has 0 atom stereocenters. The van der Waals surface area contributed by atoms with Crippen molar-refractivity contribution < 1.29 is 25.9 Å². The highest BCUT2D eigenvalue weighted by Gasteiger charge is 2.06. The number of halogens is 3. The van der Waals surface area contributed by atoms with Crippen molar-refractivity contribution in [2.45, 2.75) is 4.90 Å². The average molecular weight is 226 g/mol. The van der Waals surface area contributed by atoms with Gasteiger partial charge in [0.25, 0.3) is 10.1 Å². The Morgan fingerprint density at radius 2 is 1.43 bits per heavy atom. The third-order valence-corrected chi connectivity index (χ3v) is 1.91. The second-order valence-electron chi connectivity index (χ2n) is 2.04. The number of hydrogen-bond donors (Lipinski definition) is 1. The summed E-state index contributed by atoms with van der Waals surface area (Å²) in [5, 5.41) is 0. The van der Waals surface area contributed by atoms with Gasteiger partial charge < -0.3 is 0 Å². The first kappa shape index (κ1) is 13.0. The molecule has 78 valence electrons. The van der Waals surface area contributed by atoms with Gasteiger partial charge in [0.05, 0.1) is 4.90 Å². The predicted octanol–water partition coefficient (Wildman–Crippen LogP) is 1.81. The van der Waals surface area contributed by atoms with Crippen LogP contribution in [0.5, 0.6) is 0 Å². The molecule has 3 nitrogen and oxygen atoms in total. The molecule has 0 aromatic heterocycles. The van der Waals surface area contributed by atoms with Gasteiger partial charge in [0.1, 0.15) is 0 Å². The monoisotopic (exact) mass is 226 g/mol. The maximum Gasteiger partial charge on any atom is 0.762 e. The summed E-state index contributed by atoms with van der Waals surface area (Å²) < 4.78 is 58.2. The van der Waals surface area contributed by atoms with Crippen LogP contribution >= 0.6 is 0 Å². The molecule has 1 rings (SSSR count). The van der Waals surface area contributed by atoms with Gasteiger partial charge in [0.15, 0.2) is 0 Å². The van der Waals surface area contributed by atoms with E-state index >= 15 is 0 Å². The van der Waals surface area contributed by atoms with Crippen molar-refractivity contribution in [3.8, 4) is 0 Å². The van der Waals surface area contributed by atoms with Crippen molar-refractivity contribution in [1.82, 2.24) is 0 Å². The van der Waals surface area contributed by atoms with E-state index in [1.54, 1.807) is 18.2 Å². The minimum atomic E-state index is -4.00. The molecule has 0 saturated heterocycles. The molecule has 0 aliphatic carbocycles. The summed E-state index contributed by atoms with van der Waals surface area (Å²) in [7, 11) is -7.67. The average Bonchev–Trinajstić information content (AvgIpc) is 2.03. The van der Waals surface area contributed by atoms with E-state index in [9.17, 15) is 21.4 Å². The van der Waals surface area contributed by atoms with Gasteiger partial charge in [-0.1, -0.05) is 18.2 Å². The fourth-order valence-electron chi connectivity index (χ4n) is 0.592. The molecule has 0 saturated carbocycles. The van der Waals surface area contributed by atoms with Crippen LogP contribution in [0.1, 0.15) is 0 Å². The Morgan fingerprint density at radius 3 is 1.64 bits per heavy atom. The van der Waals surface area contributed by atoms with Crippen LogP contribution < -0.4 is 0 Å². The van der Waals surface area contributed by atoms with Gasteiger partial charge in [-0.05, 0) is 12.1 Å². The maximum absolute atomic E-state index is 10.4. The molecule has 8 heteroatoms. The normalized spacial score (nSPS) is 10.0. The summed E-state index contributed by atoms with van der Waals surface area (Å²) in [4.78, 5) is -0.0741. The smallest absolute Gasteiger partial charge is 0.282 e. The molecule has 0 heterocycles. The summed E-state index contributed by atoms with van der Waals surface area (Å²) in [6.07, 6.45) is 0. The lowest BCUT2D eigenvalue weighted by Crippen LogP contribution is -1.96. The lowest BCUT2D eigenvalue weighted by molar-refractivity contribution is 0.483. The molecule has 0 fully saturated rings. The van der Waals surface area contributed by atoms with Crippen LogP contribution in [-0.4, -0.2) is 20.5 Å². The molecule has 0 aliphatic heterocycles. The quantitative estimate of drug-likeness (QED) is 0.586. The third kappa shape index (κ3) is 6.50. The van der Waals surface area contributed by atoms with Crippen molar-refractivity contribution in [3.05, 3.63) is 30.3 Å². The van der Waals surface area contributed by atoms with Crippen LogP contribution in [0.25, 0.3) is 0 Å². The largest absolute Gasteiger partial charge is 0.762 e. The highest BCUT2D eigenvalue weighted by molar-refractivity contribution is 7.85. The van der Waals surface area contributed by atoms with E-state index in [0.29, 0.717) is 0 Å². The van der Waals surface area contributed by atoms with Crippen LogP contribution in [0.15, 0.2) is 35.2 Å². The lowest BCUT2D eigenvalue weighted by Gasteiger charge is -1.92.